The Bertz CT molecular complexity index is 792. The number of aryl methyl sites for hydroxylation is 1. The minimum absolute atomic E-state index is 0.0947. The summed E-state index contributed by atoms with van der Waals surface area (Å²) in [4.78, 5) is 32.8. The number of nitrogens with zero attached hydrogens (tertiary/aromatic N) is 4. The van der Waals surface area contributed by atoms with Gasteiger partial charge in [-0.3, -0.25) is 24.5 Å². The lowest BCUT2D eigenvalue weighted by Gasteiger charge is -2.30. The molecule has 25 heavy (non-hydrogen) atoms. The lowest BCUT2D eigenvalue weighted by Crippen LogP contribution is -2.46. The molecule has 2 aromatic heterocycles. The van der Waals surface area contributed by atoms with Crippen molar-refractivity contribution in [3.05, 3.63) is 30.2 Å². The van der Waals surface area contributed by atoms with Gasteiger partial charge in [-0.25, -0.2) is 4.98 Å². The quantitative estimate of drug-likeness (QED) is 0.917. The van der Waals surface area contributed by atoms with Crippen LogP contribution >= 0.6 is 0 Å². The number of rotatable bonds is 3. The third-order valence-electron chi connectivity index (χ3n) is 5.13. The van der Waals surface area contributed by atoms with Crippen molar-refractivity contribution in [3.8, 4) is 11.1 Å². The number of aromatic amines is 1. The lowest BCUT2D eigenvalue weighted by atomic mass is 10.1. The summed E-state index contributed by atoms with van der Waals surface area (Å²) in [6, 6.07) is 3.77. The third kappa shape index (κ3) is 2.95. The second kappa shape index (κ2) is 6.40. The molecule has 1 unspecified atom stereocenters. The van der Waals surface area contributed by atoms with Gasteiger partial charge >= 0.3 is 0 Å². The zero-order valence-electron chi connectivity index (χ0n) is 14.2. The molecule has 2 fully saturated rings. The first-order valence-electron chi connectivity index (χ1n) is 8.67. The van der Waals surface area contributed by atoms with Crippen molar-refractivity contribution in [1.82, 2.24) is 20.1 Å². The van der Waals surface area contributed by atoms with Crippen molar-refractivity contribution in [2.45, 2.75) is 32.2 Å². The lowest BCUT2D eigenvalue weighted by molar-refractivity contribution is -0.126. The van der Waals surface area contributed by atoms with Crippen LogP contribution in [0.4, 0.5) is 5.82 Å². The molecule has 0 aliphatic carbocycles. The van der Waals surface area contributed by atoms with E-state index in [1.807, 2.05) is 25.3 Å². The van der Waals surface area contributed by atoms with Gasteiger partial charge in [0.25, 0.3) is 0 Å². The number of piperidine rings is 1. The Kier molecular flexibility index (Phi) is 4.09. The summed E-state index contributed by atoms with van der Waals surface area (Å²) in [6.07, 6.45) is 5.50. The monoisotopic (exact) mass is 339 g/mol. The fourth-order valence-electron chi connectivity index (χ4n) is 3.72. The summed E-state index contributed by atoms with van der Waals surface area (Å²) in [5.41, 5.74) is 2.87. The van der Waals surface area contributed by atoms with E-state index in [0.29, 0.717) is 44.1 Å². The Morgan fingerprint density at radius 1 is 1.16 bits per heavy atom. The van der Waals surface area contributed by atoms with Crippen LogP contribution in [0, 0.1) is 6.92 Å². The maximum absolute atomic E-state index is 12.9. The molecule has 4 rings (SSSR count). The van der Waals surface area contributed by atoms with Gasteiger partial charge in [0.1, 0.15) is 11.6 Å². The van der Waals surface area contributed by atoms with E-state index < -0.39 is 0 Å². The number of anilines is 1. The highest BCUT2D eigenvalue weighted by Crippen LogP contribution is 2.28. The molecule has 2 saturated heterocycles. The predicted octanol–water partition coefficient (Wildman–Crippen LogP) is 1.55. The van der Waals surface area contributed by atoms with Crippen molar-refractivity contribution >= 4 is 17.5 Å². The van der Waals surface area contributed by atoms with E-state index in [2.05, 4.69) is 20.1 Å². The van der Waals surface area contributed by atoms with Gasteiger partial charge in [-0.15, -0.1) is 0 Å². The summed E-state index contributed by atoms with van der Waals surface area (Å²) in [6.45, 7) is 4.00. The van der Waals surface area contributed by atoms with Crippen molar-refractivity contribution in [1.29, 1.82) is 0 Å². The number of likely N-dealkylation sites (tertiary alicyclic amines) is 1. The molecule has 0 radical (unpaired) electrons. The van der Waals surface area contributed by atoms with Gasteiger partial charge in [0.05, 0.1) is 12.2 Å². The molecular formula is C18H21N5O2. The van der Waals surface area contributed by atoms with E-state index >= 15 is 0 Å². The molecule has 7 nitrogen and oxygen atoms in total. The summed E-state index contributed by atoms with van der Waals surface area (Å²) in [5, 5.41) is 6.78. The van der Waals surface area contributed by atoms with Crippen LogP contribution in [-0.2, 0) is 9.59 Å². The van der Waals surface area contributed by atoms with Gasteiger partial charge in [0.2, 0.25) is 5.91 Å². The van der Waals surface area contributed by atoms with Crippen LogP contribution in [0.25, 0.3) is 11.1 Å². The van der Waals surface area contributed by atoms with Gasteiger partial charge in [-0.1, -0.05) is 0 Å². The molecule has 1 N–H and O–H groups in total. The van der Waals surface area contributed by atoms with Crippen molar-refractivity contribution in [3.63, 3.8) is 0 Å². The van der Waals surface area contributed by atoms with Crippen LogP contribution in [0.2, 0.25) is 0 Å². The van der Waals surface area contributed by atoms with Crippen molar-refractivity contribution in [2.24, 2.45) is 0 Å². The first-order valence-corrected chi connectivity index (χ1v) is 8.67. The first-order chi connectivity index (χ1) is 12.1. The van der Waals surface area contributed by atoms with E-state index in [1.54, 1.807) is 11.1 Å². The van der Waals surface area contributed by atoms with Gasteiger partial charge < -0.3 is 0 Å². The first kappa shape index (κ1) is 16.0. The van der Waals surface area contributed by atoms with Gasteiger partial charge in [-0.05, 0) is 25.5 Å². The topological polar surface area (TPSA) is 82.2 Å². The fraction of sp³-hybridized carbons (Fsp3) is 0.444. The standard InChI is InChI=1S/C18H21N5O2/c1-12-15(13-10-19-20-11-13)2-3-17(21-12)23-9-6-16(18(23)25)22-7-4-14(24)5-8-22/h2-3,10-11,16H,4-9H2,1H3,(H,19,20). The van der Waals surface area contributed by atoms with Crippen LogP contribution in [0.15, 0.2) is 24.5 Å². The minimum atomic E-state index is -0.122. The smallest absolute Gasteiger partial charge is 0.245 e. The molecule has 1 atom stereocenters. The Morgan fingerprint density at radius 2 is 1.96 bits per heavy atom. The van der Waals surface area contributed by atoms with Crippen LogP contribution in [-0.4, -0.2) is 57.4 Å². The number of Topliss-reactive ketones (excluding diaryl/α,β-unsaturated/α-hetero) is 1. The Balaban J connectivity index is 1.52. The predicted molar refractivity (Wildman–Crippen MR) is 93.1 cm³/mol. The zero-order valence-corrected chi connectivity index (χ0v) is 14.2. The number of aromatic nitrogens is 3. The van der Waals surface area contributed by atoms with Crippen LogP contribution in [0.3, 0.4) is 0 Å². The van der Waals surface area contributed by atoms with E-state index in [0.717, 1.165) is 23.2 Å². The highest BCUT2D eigenvalue weighted by molar-refractivity contribution is 5.99. The molecule has 2 aromatic rings. The summed E-state index contributed by atoms with van der Waals surface area (Å²) in [5.74, 6) is 1.09. The number of ketones is 1. The van der Waals surface area contributed by atoms with Crippen molar-refractivity contribution in [2.75, 3.05) is 24.5 Å². The summed E-state index contributed by atoms with van der Waals surface area (Å²) < 4.78 is 0. The molecule has 2 aliphatic heterocycles. The van der Waals surface area contributed by atoms with E-state index in [4.69, 9.17) is 0 Å². The number of nitrogens with one attached hydrogen (secondary N) is 1. The van der Waals surface area contributed by atoms with E-state index in [-0.39, 0.29) is 11.9 Å². The molecule has 4 heterocycles. The number of carbonyl (C=O) groups is 2. The van der Waals surface area contributed by atoms with Gasteiger partial charge in [-0.2, -0.15) is 5.10 Å². The molecule has 1 amide bonds. The average Bonchev–Trinajstić information content (AvgIpc) is 3.26. The molecule has 0 spiro atoms. The molecular weight excluding hydrogens is 318 g/mol. The van der Waals surface area contributed by atoms with Crippen LogP contribution in [0.5, 0.6) is 0 Å². The van der Waals surface area contributed by atoms with Crippen LogP contribution in [0.1, 0.15) is 25.0 Å². The highest BCUT2D eigenvalue weighted by atomic mass is 16.2. The molecule has 0 aromatic carbocycles. The molecule has 2 aliphatic rings. The number of carbonyl (C=O) groups excluding carboxylic acids is 2. The van der Waals surface area contributed by atoms with Gasteiger partial charge in [0, 0.05) is 55.5 Å². The maximum Gasteiger partial charge on any atom is 0.245 e. The van der Waals surface area contributed by atoms with E-state index in [1.165, 1.54) is 0 Å². The number of hydrogen-bond donors (Lipinski definition) is 1. The molecule has 130 valence electrons. The number of amides is 1. The summed E-state index contributed by atoms with van der Waals surface area (Å²) >= 11 is 0. The van der Waals surface area contributed by atoms with Crippen LogP contribution < -0.4 is 4.90 Å². The average molecular weight is 339 g/mol. The number of pyridine rings is 1. The van der Waals surface area contributed by atoms with Crippen molar-refractivity contribution < 1.29 is 9.59 Å². The van der Waals surface area contributed by atoms with E-state index in [9.17, 15) is 9.59 Å². The largest absolute Gasteiger partial charge is 0.300 e. The Hall–Kier alpha value is -2.54. The Labute approximate surface area is 146 Å². The van der Waals surface area contributed by atoms with Gasteiger partial charge in [0.15, 0.2) is 0 Å². The second-order valence-electron chi connectivity index (χ2n) is 6.66. The molecule has 0 saturated carbocycles. The zero-order chi connectivity index (χ0) is 17.4. The Morgan fingerprint density at radius 3 is 2.64 bits per heavy atom. The molecule has 0 bridgehead atoms. The summed E-state index contributed by atoms with van der Waals surface area (Å²) in [7, 11) is 0. The number of H-pyrrole nitrogens is 1. The normalized spacial score (nSPS) is 22.0. The third-order valence-corrected chi connectivity index (χ3v) is 5.13. The highest BCUT2D eigenvalue weighted by Gasteiger charge is 2.38. The fourth-order valence-corrected chi connectivity index (χ4v) is 3.72. The molecule has 7 heteroatoms. The SMILES string of the molecule is Cc1nc(N2CCC(N3CCC(=O)CC3)C2=O)ccc1-c1cn[nH]c1. The number of hydrogen-bond acceptors (Lipinski definition) is 5. The minimum Gasteiger partial charge on any atom is -0.300 e. The maximum atomic E-state index is 12.9. The second-order valence-corrected chi connectivity index (χ2v) is 6.66.